The van der Waals surface area contributed by atoms with Crippen LogP contribution in [-0.4, -0.2) is 30.8 Å². The zero-order valence-electron chi connectivity index (χ0n) is 10.2. The van der Waals surface area contributed by atoms with Crippen LogP contribution in [0.4, 0.5) is 0 Å². The number of carbonyl (C=O) groups is 1. The number of H-pyrrole nitrogens is 2. The van der Waals surface area contributed by atoms with Crippen molar-refractivity contribution >= 4 is 5.97 Å². The van der Waals surface area contributed by atoms with Crippen molar-refractivity contribution in [1.82, 2.24) is 19.7 Å². The fourth-order valence-electron chi connectivity index (χ4n) is 1.98. The van der Waals surface area contributed by atoms with E-state index in [1.807, 2.05) is 0 Å². The second-order valence-electron chi connectivity index (χ2n) is 4.12. The molecule has 0 aliphatic carbocycles. The van der Waals surface area contributed by atoms with Gasteiger partial charge in [-0.15, -0.1) is 0 Å². The summed E-state index contributed by atoms with van der Waals surface area (Å²) in [5.41, 5.74) is 1.48. The molecule has 3 N–H and O–H groups in total. The number of hydrogen-bond acceptors (Lipinski definition) is 3. The van der Waals surface area contributed by atoms with Crippen LogP contribution in [-0.2, 0) is 0 Å². The molecule has 0 atom stereocenters. The van der Waals surface area contributed by atoms with Crippen molar-refractivity contribution in [2.75, 3.05) is 0 Å². The van der Waals surface area contributed by atoms with Crippen molar-refractivity contribution in [2.24, 2.45) is 0 Å². The molecule has 0 bridgehead atoms. The molecule has 0 amide bonds. The molecule has 2 heterocycles. The number of aromatic carboxylic acids is 1. The molecule has 2 aromatic heterocycles. The third kappa shape index (κ3) is 1.91. The fraction of sp³-hybridized carbons (Fsp3) is 0. The van der Waals surface area contributed by atoms with Gasteiger partial charge in [0.2, 0.25) is 0 Å². The molecule has 3 aromatic rings. The molecule has 0 fully saturated rings. The molecule has 0 radical (unpaired) electrons. The number of aromatic amines is 2. The highest BCUT2D eigenvalue weighted by Gasteiger charge is 2.13. The Labute approximate surface area is 112 Å². The van der Waals surface area contributed by atoms with Gasteiger partial charge in [0.05, 0.1) is 11.4 Å². The smallest absolute Gasteiger partial charge is 0.353 e. The summed E-state index contributed by atoms with van der Waals surface area (Å²) in [6.45, 7) is 0. The van der Waals surface area contributed by atoms with Crippen LogP contribution in [0.25, 0.3) is 16.9 Å². The number of aromatic nitrogens is 4. The summed E-state index contributed by atoms with van der Waals surface area (Å²) < 4.78 is 1.43. The summed E-state index contributed by atoms with van der Waals surface area (Å²) in [6, 6.07) is 8.56. The fourth-order valence-corrected chi connectivity index (χ4v) is 1.98. The van der Waals surface area contributed by atoms with Crippen molar-refractivity contribution in [3.05, 3.63) is 58.9 Å². The molecule has 0 saturated heterocycles. The van der Waals surface area contributed by atoms with E-state index in [9.17, 15) is 9.59 Å². The van der Waals surface area contributed by atoms with Crippen molar-refractivity contribution in [1.29, 1.82) is 0 Å². The third-order valence-electron chi connectivity index (χ3n) is 2.90. The van der Waals surface area contributed by atoms with Crippen LogP contribution in [0.3, 0.4) is 0 Å². The summed E-state index contributed by atoms with van der Waals surface area (Å²) in [7, 11) is 0. The van der Waals surface area contributed by atoms with E-state index in [1.165, 1.54) is 16.8 Å². The molecule has 1 aromatic carbocycles. The predicted octanol–water partition coefficient (Wildman–Crippen LogP) is 1.25. The molecule has 7 heteroatoms. The standard InChI is InChI=1S/C13H10N4O3/c18-12(19)10-7-9(15-16-10)8-3-1-2-4-11(8)17-6-5-14-13(17)20/h1-7H,(H,14,20)(H,15,16)(H,18,19). The maximum Gasteiger partial charge on any atom is 0.353 e. The average molecular weight is 270 g/mol. The molecule has 0 saturated carbocycles. The Morgan fingerprint density at radius 1 is 1.30 bits per heavy atom. The minimum Gasteiger partial charge on any atom is -0.477 e. The van der Waals surface area contributed by atoms with E-state index in [2.05, 4.69) is 15.2 Å². The summed E-state index contributed by atoms with van der Waals surface area (Å²) in [5, 5.41) is 15.3. The zero-order chi connectivity index (χ0) is 14.1. The lowest BCUT2D eigenvalue weighted by Gasteiger charge is -2.06. The van der Waals surface area contributed by atoms with Crippen LogP contribution in [0, 0.1) is 0 Å². The molecule has 3 rings (SSSR count). The Bertz CT molecular complexity index is 828. The van der Waals surface area contributed by atoms with Crippen LogP contribution in [0.5, 0.6) is 0 Å². The molecular weight excluding hydrogens is 260 g/mol. The van der Waals surface area contributed by atoms with Gasteiger partial charge in [-0.2, -0.15) is 5.10 Å². The van der Waals surface area contributed by atoms with Crippen LogP contribution in [0.2, 0.25) is 0 Å². The van der Waals surface area contributed by atoms with Crippen molar-refractivity contribution in [3.8, 4) is 16.9 Å². The van der Waals surface area contributed by atoms with E-state index < -0.39 is 5.97 Å². The quantitative estimate of drug-likeness (QED) is 0.666. The van der Waals surface area contributed by atoms with Gasteiger partial charge in [-0.05, 0) is 12.1 Å². The van der Waals surface area contributed by atoms with E-state index in [4.69, 9.17) is 5.11 Å². The number of nitrogens with zero attached hydrogens (tertiary/aromatic N) is 2. The topological polar surface area (TPSA) is 104 Å². The monoisotopic (exact) mass is 270 g/mol. The lowest BCUT2D eigenvalue weighted by molar-refractivity contribution is 0.0690. The van der Waals surface area contributed by atoms with E-state index in [-0.39, 0.29) is 11.4 Å². The lowest BCUT2D eigenvalue weighted by atomic mass is 10.1. The number of hydrogen-bond donors (Lipinski definition) is 3. The van der Waals surface area contributed by atoms with Gasteiger partial charge >= 0.3 is 11.7 Å². The van der Waals surface area contributed by atoms with Gasteiger partial charge in [-0.3, -0.25) is 9.67 Å². The van der Waals surface area contributed by atoms with Crippen molar-refractivity contribution in [2.45, 2.75) is 0 Å². The number of para-hydroxylation sites is 1. The molecule has 7 nitrogen and oxygen atoms in total. The second-order valence-corrected chi connectivity index (χ2v) is 4.12. The number of benzene rings is 1. The van der Waals surface area contributed by atoms with Gasteiger partial charge < -0.3 is 10.1 Å². The summed E-state index contributed by atoms with van der Waals surface area (Å²) >= 11 is 0. The van der Waals surface area contributed by atoms with Gasteiger partial charge in [0, 0.05) is 18.0 Å². The van der Waals surface area contributed by atoms with Crippen LogP contribution in [0.1, 0.15) is 10.5 Å². The maximum atomic E-state index is 11.7. The number of carboxylic acids is 1. The number of rotatable bonds is 3. The van der Waals surface area contributed by atoms with E-state index >= 15 is 0 Å². The first-order chi connectivity index (χ1) is 9.66. The first-order valence-electron chi connectivity index (χ1n) is 5.81. The third-order valence-corrected chi connectivity index (χ3v) is 2.90. The van der Waals surface area contributed by atoms with Gasteiger partial charge in [-0.1, -0.05) is 18.2 Å². The Kier molecular flexibility index (Phi) is 2.72. The Balaban J connectivity index is 2.17. The molecule has 0 unspecified atom stereocenters. The highest BCUT2D eigenvalue weighted by atomic mass is 16.4. The van der Waals surface area contributed by atoms with Crippen LogP contribution >= 0.6 is 0 Å². The van der Waals surface area contributed by atoms with Gasteiger partial charge in [-0.25, -0.2) is 9.59 Å². The van der Waals surface area contributed by atoms with E-state index in [1.54, 1.807) is 30.5 Å². The molecule has 0 aliphatic heterocycles. The number of carboxylic acid groups (broad SMARTS) is 1. The molecule has 20 heavy (non-hydrogen) atoms. The van der Waals surface area contributed by atoms with Gasteiger partial charge in [0.15, 0.2) is 0 Å². The molecular formula is C13H10N4O3. The largest absolute Gasteiger partial charge is 0.477 e. The minimum absolute atomic E-state index is 0.00350. The summed E-state index contributed by atoms with van der Waals surface area (Å²) in [6.07, 6.45) is 3.14. The van der Waals surface area contributed by atoms with Crippen molar-refractivity contribution in [3.63, 3.8) is 0 Å². The molecule has 100 valence electrons. The lowest BCUT2D eigenvalue weighted by Crippen LogP contribution is -2.14. The maximum absolute atomic E-state index is 11.7. The summed E-state index contributed by atoms with van der Waals surface area (Å²) in [5.74, 6) is -1.08. The first kappa shape index (κ1) is 12.0. The SMILES string of the molecule is O=C(O)c1cc(-c2ccccc2-n2cc[nH]c2=O)n[nH]1. The first-order valence-corrected chi connectivity index (χ1v) is 5.81. The van der Waals surface area contributed by atoms with E-state index in [0.717, 1.165) is 0 Å². The summed E-state index contributed by atoms with van der Waals surface area (Å²) in [4.78, 5) is 25.1. The van der Waals surface area contributed by atoms with Crippen molar-refractivity contribution < 1.29 is 9.90 Å². The van der Waals surface area contributed by atoms with Gasteiger partial charge in [0.1, 0.15) is 5.69 Å². The minimum atomic E-state index is -1.08. The normalized spacial score (nSPS) is 10.6. The average Bonchev–Trinajstić information content (AvgIpc) is 3.07. The van der Waals surface area contributed by atoms with Crippen LogP contribution < -0.4 is 5.69 Å². The highest BCUT2D eigenvalue weighted by Crippen LogP contribution is 2.24. The van der Waals surface area contributed by atoms with Gasteiger partial charge in [0.25, 0.3) is 0 Å². The highest BCUT2D eigenvalue weighted by molar-refractivity contribution is 5.87. The number of imidazole rings is 1. The zero-order valence-corrected chi connectivity index (χ0v) is 10.2. The van der Waals surface area contributed by atoms with E-state index in [0.29, 0.717) is 16.9 Å². The Morgan fingerprint density at radius 3 is 2.75 bits per heavy atom. The Hall–Kier alpha value is -3.09. The Morgan fingerprint density at radius 2 is 2.10 bits per heavy atom. The predicted molar refractivity (Wildman–Crippen MR) is 70.9 cm³/mol. The molecule has 0 spiro atoms. The second kappa shape index (κ2) is 4.54. The molecule has 0 aliphatic rings. The number of nitrogens with one attached hydrogen (secondary N) is 2. The van der Waals surface area contributed by atoms with Crippen LogP contribution in [0.15, 0.2) is 47.5 Å².